The molecule has 0 saturated carbocycles. The Hall–Kier alpha value is -1.01. The van der Waals surface area contributed by atoms with Crippen molar-refractivity contribution in [3.8, 4) is 0 Å². The van der Waals surface area contributed by atoms with Crippen molar-refractivity contribution in [3.05, 3.63) is 28.0 Å². The van der Waals surface area contributed by atoms with Crippen molar-refractivity contribution >= 4 is 25.7 Å². The minimum atomic E-state index is -2.03. The van der Waals surface area contributed by atoms with Crippen LogP contribution in [0.1, 0.15) is 5.76 Å². The summed E-state index contributed by atoms with van der Waals surface area (Å²) in [6.45, 7) is 0.257. The molecule has 0 radical (unpaired) electrons. The first-order valence-electron chi connectivity index (χ1n) is 4.26. The predicted octanol–water partition coefficient (Wildman–Crippen LogP) is 2.19. The third-order valence-electron chi connectivity index (χ3n) is 1.49. The molecule has 0 fully saturated rings. The van der Waals surface area contributed by atoms with Gasteiger partial charge in [0.2, 0.25) is 0 Å². The molecular formula is C7H9ClN2O5P+. The standard InChI is InChI=1S/C7H9ClN2O5P/c8-3-4-9-16(13)14-5-6-1-2-7(15-6)10(11)12/h1-2H,3-5H2,(H,9,13)/q+1. The highest BCUT2D eigenvalue weighted by atomic mass is 35.5. The zero-order valence-electron chi connectivity index (χ0n) is 8.09. The van der Waals surface area contributed by atoms with E-state index in [1.165, 1.54) is 12.1 Å². The second kappa shape index (κ2) is 6.55. The lowest BCUT2D eigenvalue weighted by Gasteiger charge is -1.89. The van der Waals surface area contributed by atoms with Gasteiger partial charge >= 0.3 is 14.1 Å². The number of hydrogen-bond acceptors (Lipinski definition) is 5. The summed E-state index contributed by atoms with van der Waals surface area (Å²) in [5, 5.41) is 12.8. The van der Waals surface area contributed by atoms with Crippen LogP contribution in [0.3, 0.4) is 0 Å². The van der Waals surface area contributed by atoms with Crippen molar-refractivity contribution in [2.45, 2.75) is 6.61 Å². The van der Waals surface area contributed by atoms with E-state index in [1.807, 2.05) is 0 Å². The molecule has 0 aliphatic heterocycles. The van der Waals surface area contributed by atoms with Crippen LogP contribution in [0, 0.1) is 10.1 Å². The van der Waals surface area contributed by atoms with Crippen LogP contribution in [0.15, 0.2) is 16.5 Å². The van der Waals surface area contributed by atoms with Crippen LogP contribution < -0.4 is 5.09 Å². The summed E-state index contributed by atoms with van der Waals surface area (Å²) in [5.41, 5.74) is 0. The van der Waals surface area contributed by atoms with E-state index >= 15 is 0 Å². The molecule has 1 heterocycles. The number of rotatable bonds is 7. The summed E-state index contributed by atoms with van der Waals surface area (Å²) in [7, 11) is -2.03. The fourth-order valence-corrected chi connectivity index (χ4v) is 1.70. The number of hydrogen-bond donors (Lipinski definition) is 1. The van der Waals surface area contributed by atoms with E-state index in [4.69, 9.17) is 20.5 Å². The highest BCUT2D eigenvalue weighted by Crippen LogP contribution is 2.22. The molecular weight excluding hydrogens is 259 g/mol. The Morgan fingerprint density at radius 1 is 1.62 bits per heavy atom. The first-order chi connectivity index (χ1) is 7.63. The van der Waals surface area contributed by atoms with Crippen LogP contribution in [0.25, 0.3) is 0 Å². The molecule has 0 aromatic carbocycles. The Bertz CT molecular complexity index is 383. The molecule has 88 valence electrons. The van der Waals surface area contributed by atoms with Crippen LogP contribution in [0.5, 0.6) is 0 Å². The number of nitrogens with one attached hydrogen (secondary N) is 1. The van der Waals surface area contributed by atoms with Crippen molar-refractivity contribution in [2.75, 3.05) is 12.4 Å². The summed E-state index contributed by atoms with van der Waals surface area (Å²) >= 11 is 5.36. The molecule has 7 nitrogen and oxygen atoms in total. The van der Waals surface area contributed by atoms with Gasteiger partial charge in [0.1, 0.15) is 10.7 Å². The fourth-order valence-electron chi connectivity index (χ4n) is 0.844. The van der Waals surface area contributed by atoms with Crippen LogP contribution in [-0.2, 0) is 15.7 Å². The Morgan fingerprint density at radius 2 is 2.38 bits per heavy atom. The lowest BCUT2D eigenvalue weighted by molar-refractivity contribution is -0.402. The van der Waals surface area contributed by atoms with Gasteiger partial charge in [0, 0.05) is 5.88 Å². The second-order valence-corrected chi connectivity index (χ2v) is 4.09. The van der Waals surface area contributed by atoms with Crippen LogP contribution in [-0.4, -0.2) is 17.3 Å². The highest BCUT2D eigenvalue weighted by Gasteiger charge is 2.19. The number of furan rings is 1. The normalized spacial score (nSPS) is 11.4. The Labute approximate surface area is 96.8 Å². The van der Waals surface area contributed by atoms with E-state index in [0.29, 0.717) is 12.4 Å². The Balaban J connectivity index is 2.36. The van der Waals surface area contributed by atoms with Gasteiger partial charge in [-0.2, -0.15) is 0 Å². The van der Waals surface area contributed by atoms with E-state index in [9.17, 15) is 14.7 Å². The van der Waals surface area contributed by atoms with Crippen molar-refractivity contribution in [2.24, 2.45) is 0 Å². The van der Waals surface area contributed by atoms with Gasteiger partial charge in [-0.25, -0.2) is 0 Å². The summed E-state index contributed by atoms with van der Waals surface area (Å²) in [5.74, 6) is 0.182. The van der Waals surface area contributed by atoms with Crippen molar-refractivity contribution in [3.63, 3.8) is 0 Å². The Kier molecular flexibility index (Phi) is 5.34. The number of halogens is 1. The van der Waals surface area contributed by atoms with Crippen LogP contribution in [0.2, 0.25) is 0 Å². The minimum Gasteiger partial charge on any atom is -0.403 e. The highest BCUT2D eigenvalue weighted by molar-refractivity contribution is 7.36. The van der Waals surface area contributed by atoms with Crippen molar-refractivity contribution in [1.82, 2.24) is 5.09 Å². The number of alkyl halides is 1. The smallest absolute Gasteiger partial charge is 0.403 e. The van der Waals surface area contributed by atoms with Gasteiger partial charge in [-0.15, -0.1) is 16.1 Å². The maximum Gasteiger partial charge on any atom is 0.613 e. The molecule has 1 unspecified atom stereocenters. The van der Waals surface area contributed by atoms with Gasteiger partial charge in [-0.1, -0.05) is 5.09 Å². The van der Waals surface area contributed by atoms with E-state index in [-0.39, 0.29) is 18.3 Å². The molecule has 1 rings (SSSR count). The molecule has 1 atom stereocenters. The molecule has 1 aromatic rings. The molecule has 1 aromatic heterocycles. The molecule has 0 amide bonds. The molecule has 9 heteroatoms. The van der Waals surface area contributed by atoms with Gasteiger partial charge in [0.25, 0.3) is 0 Å². The molecule has 0 aliphatic rings. The molecule has 0 bridgehead atoms. The van der Waals surface area contributed by atoms with Gasteiger partial charge in [-0.3, -0.25) is 10.1 Å². The average Bonchev–Trinajstić information content (AvgIpc) is 2.72. The predicted molar refractivity (Wildman–Crippen MR) is 56.5 cm³/mol. The topological polar surface area (TPSA) is 94.6 Å². The van der Waals surface area contributed by atoms with E-state index in [1.54, 1.807) is 0 Å². The summed E-state index contributed by atoms with van der Waals surface area (Å²) in [6, 6.07) is 2.60. The number of nitrogens with zero attached hydrogens (tertiary/aromatic N) is 1. The largest absolute Gasteiger partial charge is 0.613 e. The summed E-state index contributed by atoms with van der Waals surface area (Å²) < 4.78 is 20.7. The summed E-state index contributed by atoms with van der Waals surface area (Å²) in [6.07, 6.45) is 0. The number of nitro groups is 1. The first kappa shape index (κ1) is 13.1. The van der Waals surface area contributed by atoms with Gasteiger partial charge in [0.05, 0.1) is 12.6 Å². The van der Waals surface area contributed by atoms with E-state index in [2.05, 4.69) is 5.09 Å². The lowest BCUT2D eigenvalue weighted by Crippen LogP contribution is -2.07. The molecule has 1 N–H and O–H groups in total. The first-order valence-corrected chi connectivity index (χ1v) is 5.97. The average molecular weight is 268 g/mol. The van der Waals surface area contributed by atoms with E-state index in [0.717, 1.165) is 0 Å². The van der Waals surface area contributed by atoms with E-state index < -0.39 is 13.1 Å². The second-order valence-electron chi connectivity index (χ2n) is 2.62. The van der Waals surface area contributed by atoms with Crippen LogP contribution in [0.4, 0.5) is 5.88 Å². The monoisotopic (exact) mass is 267 g/mol. The third kappa shape index (κ3) is 4.24. The molecule has 16 heavy (non-hydrogen) atoms. The molecule has 0 spiro atoms. The van der Waals surface area contributed by atoms with Crippen molar-refractivity contribution < 1.29 is 18.4 Å². The zero-order chi connectivity index (χ0) is 12.0. The quantitative estimate of drug-likeness (QED) is 0.352. The van der Waals surface area contributed by atoms with Crippen molar-refractivity contribution in [1.29, 1.82) is 0 Å². The van der Waals surface area contributed by atoms with Gasteiger partial charge in [-0.05, 0) is 10.6 Å². The maximum atomic E-state index is 11.1. The SMILES string of the molecule is O=[N+]([O-])c1ccc(CO[P+](=O)NCCCl)o1. The summed E-state index contributed by atoms with van der Waals surface area (Å²) in [4.78, 5) is 9.62. The van der Waals surface area contributed by atoms with Crippen LogP contribution >= 0.6 is 19.8 Å². The minimum absolute atomic E-state index is 0.0989. The fraction of sp³-hybridized carbons (Fsp3) is 0.429. The van der Waals surface area contributed by atoms with Gasteiger partial charge < -0.3 is 4.42 Å². The maximum absolute atomic E-state index is 11.1. The zero-order valence-corrected chi connectivity index (χ0v) is 9.74. The lowest BCUT2D eigenvalue weighted by atomic mass is 10.5. The molecule has 0 saturated heterocycles. The third-order valence-corrected chi connectivity index (χ3v) is 2.52. The molecule has 0 aliphatic carbocycles. The Morgan fingerprint density at radius 3 is 2.94 bits per heavy atom. The van der Waals surface area contributed by atoms with Gasteiger partial charge in [0.15, 0.2) is 6.61 Å².